The molecule has 0 atom stereocenters. The molecule has 0 aromatic carbocycles. The lowest BCUT2D eigenvalue weighted by molar-refractivity contribution is -0.121. The van der Waals surface area contributed by atoms with Gasteiger partial charge in [0.1, 0.15) is 13.1 Å². The number of rotatable bonds is 7. The number of aromatic nitrogens is 1. The van der Waals surface area contributed by atoms with Crippen molar-refractivity contribution < 1.29 is 4.79 Å². The maximum Gasteiger partial charge on any atom is 0.240 e. The monoisotopic (exact) mass is 248 g/mol. The summed E-state index contributed by atoms with van der Waals surface area (Å²) in [4.78, 5) is 11.4. The summed E-state index contributed by atoms with van der Waals surface area (Å²) in [5.74, 6) is 0.484. The first-order valence-corrected chi connectivity index (χ1v) is 6.11. The Balaban J connectivity index is 2.34. The number of hydrogen-bond donors (Lipinski definition) is 2. The fourth-order valence-corrected chi connectivity index (χ4v) is 1.56. The Bertz CT molecular complexity index is 417. The van der Waals surface area contributed by atoms with Crippen LogP contribution in [-0.2, 0) is 17.9 Å². The van der Waals surface area contributed by atoms with Crippen LogP contribution in [0.2, 0.25) is 0 Å². The van der Waals surface area contributed by atoms with Crippen LogP contribution in [0.1, 0.15) is 19.4 Å². The number of nitriles is 1. The molecule has 0 bridgehead atoms. The van der Waals surface area contributed by atoms with Gasteiger partial charge in [-0.2, -0.15) is 5.26 Å². The first kappa shape index (κ1) is 14.3. The van der Waals surface area contributed by atoms with E-state index in [0.29, 0.717) is 5.92 Å². The fraction of sp³-hybridized carbons (Fsp3) is 0.538. The van der Waals surface area contributed by atoms with Crippen LogP contribution in [0, 0.1) is 17.2 Å². The zero-order valence-electron chi connectivity index (χ0n) is 10.9. The zero-order chi connectivity index (χ0) is 13.4. The summed E-state index contributed by atoms with van der Waals surface area (Å²) in [5, 5.41) is 14.2. The van der Waals surface area contributed by atoms with E-state index in [1.54, 1.807) is 0 Å². The molecule has 0 radical (unpaired) electrons. The van der Waals surface area contributed by atoms with Gasteiger partial charge in [-0.3, -0.25) is 4.79 Å². The highest BCUT2D eigenvalue weighted by Crippen LogP contribution is 2.01. The molecule has 0 aliphatic carbocycles. The zero-order valence-corrected chi connectivity index (χ0v) is 10.9. The molecular weight excluding hydrogens is 228 g/mol. The maximum atomic E-state index is 11.4. The number of amides is 1. The van der Waals surface area contributed by atoms with E-state index in [4.69, 9.17) is 5.26 Å². The summed E-state index contributed by atoms with van der Waals surface area (Å²) in [6, 6.07) is 3.87. The number of nitrogens with one attached hydrogen (secondary N) is 2. The second-order valence-electron chi connectivity index (χ2n) is 4.65. The number of carbonyl (C=O) groups is 1. The van der Waals surface area contributed by atoms with Gasteiger partial charge in [-0.25, -0.2) is 0 Å². The largest absolute Gasteiger partial charge is 0.345 e. The van der Waals surface area contributed by atoms with Gasteiger partial charge in [-0.15, -0.1) is 0 Å². The molecule has 1 amide bonds. The third kappa shape index (κ3) is 5.51. The summed E-state index contributed by atoms with van der Waals surface area (Å²) in [5.41, 5.74) is 1.16. The van der Waals surface area contributed by atoms with Crippen LogP contribution in [0.5, 0.6) is 0 Å². The predicted molar refractivity (Wildman–Crippen MR) is 69.6 cm³/mol. The Morgan fingerprint density at radius 2 is 2.33 bits per heavy atom. The van der Waals surface area contributed by atoms with E-state index in [1.165, 1.54) is 0 Å². The van der Waals surface area contributed by atoms with Crippen molar-refractivity contribution in [2.45, 2.75) is 26.9 Å². The summed E-state index contributed by atoms with van der Waals surface area (Å²) < 4.78 is 1.82. The highest BCUT2D eigenvalue weighted by molar-refractivity contribution is 5.75. The number of carbonyl (C=O) groups excluding carboxylic acids is 1. The molecule has 0 spiro atoms. The van der Waals surface area contributed by atoms with Crippen LogP contribution in [-0.4, -0.2) is 23.6 Å². The van der Waals surface area contributed by atoms with E-state index in [9.17, 15) is 4.79 Å². The lowest BCUT2D eigenvalue weighted by Gasteiger charge is -2.05. The third-order valence-corrected chi connectivity index (χ3v) is 2.38. The van der Waals surface area contributed by atoms with Crippen molar-refractivity contribution >= 4 is 5.91 Å². The van der Waals surface area contributed by atoms with E-state index < -0.39 is 0 Å². The molecule has 18 heavy (non-hydrogen) atoms. The van der Waals surface area contributed by atoms with Crippen LogP contribution in [0.3, 0.4) is 0 Å². The summed E-state index contributed by atoms with van der Waals surface area (Å²) in [6.07, 6.45) is 3.82. The van der Waals surface area contributed by atoms with Gasteiger partial charge in [-0.1, -0.05) is 13.8 Å². The van der Waals surface area contributed by atoms with Crippen LogP contribution in [0.4, 0.5) is 0 Å². The first-order valence-electron chi connectivity index (χ1n) is 6.11. The molecular formula is C13H20N4O. The topological polar surface area (TPSA) is 69.8 Å². The number of nitrogens with zero attached hydrogens (tertiary/aromatic N) is 2. The van der Waals surface area contributed by atoms with Crippen molar-refractivity contribution in [3.05, 3.63) is 24.0 Å². The SMILES string of the molecule is CC(C)CNCc1ccn(CC(=O)NCC#N)c1. The maximum absolute atomic E-state index is 11.4. The van der Waals surface area contributed by atoms with Crippen LogP contribution < -0.4 is 10.6 Å². The molecule has 1 heterocycles. The average molecular weight is 248 g/mol. The summed E-state index contributed by atoms with van der Waals surface area (Å²) in [7, 11) is 0. The normalized spacial score (nSPS) is 10.3. The lowest BCUT2D eigenvalue weighted by atomic mass is 10.2. The van der Waals surface area contributed by atoms with Crippen molar-refractivity contribution in [1.82, 2.24) is 15.2 Å². The van der Waals surface area contributed by atoms with Crippen LogP contribution in [0.25, 0.3) is 0 Å². The van der Waals surface area contributed by atoms with Crippen molar-refractivity contribution in [2.24, 2.45) is 5.92 Å². The summed E-state index contributed by atoms with van der Waals surface area (Å²) >= 11 is 0. The van der Waals surface area contributed by atoms with Gasteiger partial charge in [0.15, 0.2) is 0 Å². The Morgan fingerprint density at radius 1 is 1.56 bits per heavy atom. The van der Waals surface area contributed by atoms with E-state index in [2.05, 4.69) is 24.5 Å². The van der Waals surface area contributed by atoms with E-state index in [1.807, 2.05) is 29.1 Å². The van der Waals surface area contributed by atoms with Gasteiger partial charge < -0.3 is 15.2 Å². The highest BCUT2D eigenvalue weighted by Gasteiger charge is 2.03. The molecule has 1 aromatic rings. The van der Waals surface area contributed by atoms with Crippen molar-refractivity contribution in [3.63, 3.8) is 0 Å². The van der Waals surface area contributed by atoms with Crippen molar-refractivity contribution in [2.75, 3.05) is 13.1 Å². The molecule has 98 valence electrons. The molecule has 0 fully saturated rings. The molecule has 0 saturated heterocycles. The molecule has 0 aliphatic heterocycles. The minimum Gasteiger partial charge on any atom is -0.345 e. The second kappa shape index (κ2) is 7.51. The molecule has 1 aromatic heterocycles. The van der Waals surface area contributed by atoms with Crippen LogP contribution >= 0.6 is 0 Å². The Labute approximate surface area is 108 Å². The van der Waals surface area contributed by atoms with Gasteiger partial charge in [0, 0.05) is 18.9 Å². The van der Waals surface area contributed by atoms with E-state index in [-0.39, 0.29) is 19.0 Å². The highest BCUT2D eigenvalue weighted by atomic mass is 16.1. The molecule has 5 nitrogen and oxygen atoms in total. The molecule has 0 aliphatic rings. The third-order valence-electron chi connectivity index (χ3n) is 2.38. The Kier molecular flexibility index (Phi) is 5.95. The van der Waals surface area contributed by atoms with Crippen LogP contribution in [0.15, 0.2) is 18.5 Å². The van der Waals surface area contributed by atoms with E-state index in [0.717, 1.165) is 18.7 Å². The van der Waals surface area contributed by atoms with Gasteiger partial charge in [0.05, 0.1) is 6.07 Å². The molecule has 2 N–H and O–H groups in total. The van der Waals surface area contributed by atoms with E-state index >= 15 is 0 Å². The van der Waals surface area contributed by atoms with Gasteiger partial charge in [0.2, 0.25) is 5.91 Å². The predicted octanol–water partition coefficient (Wildman–Crippen LogP) is 0.873. The minimum absolute atomic E-state index is 0.0584. The average Bonchev–Trinajstić information content (AvgIpc) is 2.73. The van der Waals surface area contributed by atoms with Gasteiger partial charge in [0.25, 0.3) is 0 Å². The number of hydrogen-bond acceptors (Lipinski definition) is 3. The quantitative estimate of drug-likeness (QED) is 0.704. The minimum atomic E-state index is -0.145. The second-order valence-corrected chi connectivity index (χ2v) is 4.65. The Hall–Kier alpha value is -1.80. The molecule has 5 heteroatoms. The smallest absolute Gasteiger partial charge is 0.240 e. The fourth-order valence-electron chi connectivity index (χ4n) is 1.56. The van der Waals surface area contributed by atoms with Gasteiger partial charge >= 0.3 is 0 Å². The molecule has 0 saturated carbocycles. The standard InChI is InChI=1S/C13H20N4O/c1-11(2)7-15-8-12-3-6-17(9-12)10-13(18)16-5-4-14/h3,6,9,11,15H,5,7-8,10H2,1-2H3,(H,16,18). The molecule has 0 unspecified atom stereocenters. The lowest BCUT2D eigenvalue weighted by Crippen LogP contribution is -2.27. The molecule has 1 rings (SSSR count). The summed E-state index contributed by atoms with van der Waals surface area (Å²) in [6.45, 7) is 6.43. The van der Waals surface area contributed by atoms with Crippen molar-refractivity contribution in [3.8, 4) is 6.07 Å². The Morgan fingerprint density at radius 3 is 3.00 bits per heavy atom. The van der Waals surface area contributed by atoms with Gasteiger partial charge in [-0.05, 0) is 24.1 Å². The van der Waals surface area contributed by atoms with Crippen molar-refractivity contribution in [1.29, 1.82) is 5.26 Å². The first-order chi connectivity index (χ1) is 8.61.